The molecule has 0 unspecified atom stereocenters. The molecule has 0 amide bonds. The smallest absolute Gasteiger partial charge is 0.224 e. The maximum Gasteiger partial charge on any atom is 0.224 e. The van der Waals surface area contributed by atoms with Crippen LogP contribution in [-0.4, -0.2) is 60.9 Å². The highest BCUT2D eigenvalue weighted by Gasteiger charge is 2.67. The van der Waals surface area contributed by atoms with Crippen LogP contribution in [0.1, 0.15) is 6.42 Å². The van der Waals surface area contributed by atoms with E-state index in [4.69, 9.17) is 18.9 Å². The summed E-state index contributed by atoms with van der Waals surface area (Å²) in [4.78, 5) is 0. The van der Waals surface area contributed by atoms with Crippen LogP contribution in [0.25, 0.3) is 0 Å². The molecule has 0 aromatic rings. The zero-order valence-corrected chi connectivity index (χ0v) is 10.0. The summed E-state index contributed by atoms with van der Waals surface area (Å²) in [7, 11) is 0. The van der Waals surface area contributed by atoms with Crippen molar-refractivity contribution < 1.29 is 29.2 Å². The fourth-order valence-electron chi connectivity index (χ4n) is 4.16. The molecule has 18 heavy (non-hydrogen) atoms. The van der Waals surface area contributed by atoms with Crippen LogP contribution in [0.3, 0.4) is 0 Å². The molecule has 6 nitrogen and oxygen atoms in total. The van der Waals surface area contributed by atoms with Crippen LogP contribution in [0, 0.1) is 17.8 Å². The second-order valence-electron chi connectivity index (χ2n) is 5.59. The summed E-state index contributed by atoms with van der Waals surface area (Å²) in [5, 5.41) is 19.6. The Labute approximate surface area is 105 Å². The Bertz CT molecular complexity index is 341. The Morgan fingerprint density at radius 2 is 2.00 bits per heavy atom. The number of aliphatic hydroxyl groups excluding tert-OH is 2. The van der Waals surface area contributed by atoms with Crippen molar-refractivity contribution in [3.8, 4) is 0 Å². The van der Waals surface area contributed by atoms with Crippen LogP contribution in [-0.2, 0) is 18.9 Å². The Kier molecular flexibility index (Phi) is 2.49. The molecule has 0 radical (unpaired) electrons. The Balaban J connectivity index is 1.74. The SMILES string of the molecule is OC[C@H]1[C@H]2[C@@H](C[C@@H]1O)C1(OCCO1)[C@@H]1OC[C@H]2O1. The minimum atomic E-state index is -0.872. The molecule has 6 atom stereocenters. The molecule has 4 rings (SSSR count). The zero-order chi connectivity index (χ0) is 12.3. The van der Waals surface area contributed by atoms with Crippen LogP contribution in [0.15, 0.2) is 0 Å². The molecular formula is C12H18O6. The van der Waals surface area contributed by atoms with Crippen LogP contribution in [0.4, 0.5) is 0 Å². The predicted octanol–water partition coefficient (Wildman–Crippen LogP) is -0.910. The summed E-state index contributed by atoms with van der Waals surface area (Å²) in [6, 6.07) is 0. The third-order valence-corrected chi connectivity index (χ3v) is 4.88. The molecule has 2 N–H and O–H groups in total. The zero-order valence-electron chi connectivity index (χ0n) is 10.0. The van der Waals surface area contributed by atoms with Crippen molar-refractivity contribution in [3.05, 3.63) is 0 Å². The third kappa shape index (κ3) is 1.28. The molecule has 1 aliphatic carbocycles. The van der Waals surface area contributed by atoms with Gasteiger partial charge in [0, 0.05) is 24.4 Å². The van der Waals surface area contributed by atoms with E-state index in [2.05, 4.69) is 0 Å². The second kappa shape index (κ2) is 3.88. The maximum absolute atomic E-state index is 10.1. The minimum absolute atomic E-state index is 0.0387. The topological polar surface area (TPSA) is 77.4 Å². The average Bonchev–Trinajstić information content (AvgIpc) is 3.02. The summed E-state index contributed by atoms with van der Waals surface area (Å²) in [6.45, 7) is 1.50. The standard InChI is InChI=1S/C12H18O6/c13-4-6-8(14)3-7-10(6)9-5-15-11(18-9)12(7)16-1-2-17-12/h6-11,13-14H,1-5H2/t6-,7-,8+,9-,10+,11-/m1/s1. The quantitative estimate of drug-likeness (QED) is 0.634. The molecule has 2 bridgehead atoms. The van der Waals surface area contributed by atoms with Crippen molar-refractivity contribution in [2.45, 2.75) is 30.7 Å². The lowest BCUT2D eigenvalue weighted by Gasteiger charge is -2.44. The van der Waals surface area contributed by atoms with Crippen molar-refractivity contribution in [2.24, 2.45) is 17.8 Å². The van der Waals surface area contributed by atoms with Gasteiger partial charge < -0.3 is 29.2 Å². The summed E-state index contributed by atoms with van der Waals surface area (Å²) in [5.41, 5.74) is 0. The highest BCUT2D eigenvalue weighted by atomic mass is 16.8. The van der Waals surface area contributed by atoms with Gasteiger partial charge in [0.05, 0.1) is 32.0 Å². The third-order valence-electron chi connectivity index (χ3n) is 4.88. The molecule has 3 saturated heterocycles. The molecule has 0 aromatic carbocycles. The van der Waals surface area contributed by atoms with Gasteiger partial charge in [-0.2, -0.15) is 0 Å². The minimum Gasteiger partial charge on any atom is -0.396 e. The van der Waals surface area contributed by atoms with Crippen molar-refractivity contribution in [1.29, 1.82) is 0 Å². The lowest BCUT2D eigenvalue weighted by atomic mass is 9.78. The van der Waals surface area contributed by atoms with E-state index in [9.17, 15) is 10.2 Å². The number of fused-ring (bicyclic) bond motifs is 6. The lowest BCUT2D eigenvalue weighted by Crippen LogP contribution is -2.57. The van der Waals surface area contributed by atoms with E-state index in [0.29, 0.717) is 26.2 Å². The van der Waals surface area contributed by atoms with E-state index >= 15 is 0 Å². The van der Waals surface area contributed by atoms with Gasteiger partial charge in [-0.05, 0) is 6.42 Å². The van der Waals surface area contributed by atoms with Gasteiger partial charge in [-0.15, -0.1) is 0 Å². The monoisotopic (exact) mass is 258 g/mol. The number of hydrogen-bond donors (Lipinski definition) is 2. The van der Waals surface area contributed by atoms with Crippen LogP contribution in [0.5, 0.6) is 0 Å². The summed E-state index contributed by atoms with van der Waals surface area (Å²) in [5.74, 6) is -0.963. The molecule has 1 saturated carbocycles. The van der Waals surface area contributed by atoms with E-state index in [-0.39, 0.29) is 30.5 Å². The molecule has 4 fully saturated rings. The fourth-order valence-corrected chi connectivity index (χ4v) is 4.16. The first-order valence-electron chi connectivity index (χ1n) is 6.60. The summed E-state index contributed by atoms with van der Waals surface area (Å²) in [6.07, 6.45) is -0.489. The van der Waals surface area contributed by atoms with Gasteiger partial charge in [0.1, 0.15) is 0 Å². The van der Waals surface area contributed by atoms with Crippen molar-refractivity contribution >= 4 is 0 Å². The van der Waals surface area contributed by atoms with E-state index in [1.807, 2.05) is 0 Å². The van der Waals surface area contributed by atoms with E-state index in [1.54, 1.807) is 0 Å². The number of hydrogen-bond acceptors (Lipinski definition) is 6. The highest BCUT2D eigenvalue weighted by Crippen LogP contribution is 2.55. The van der Waals surface area contributed by atoms with E-state index < -0.39 is 18.2 Å². The van der Waals surface area contributed by atoms with Gasteiger partial charge in [0.15, 0.2) is 0 Å². The first kappa shape index (κ1) is 11.6. The van der Waals surface area contributed by atoms with Crippen LogP contribution in [0.2, 0.25) is 0 Å². The Morgan fingerprint density at radius 1 is 1.22 bits per heavy atom. The van der Waals surface area contributed by atoms with E-state index in [0.717, 1.165) is 0 Å². The molecule has 3 heterocycles. The summed E-state index contributed by atoms with van der Waals surface area (Å²) >= 11 is 0. The van der Waals surface area contributed by atoms with Crippen molar-refractivity contribution in [1.82, 2.24) is 0 Å². The van der Waals surface area contributed by atoms with Gasteiger partial charge in [0.2, 0.25) is 12.1 Å². The number of aliphatic hydroxyl groups is 2. The number of rotatable bonds is 1. The highest BCUT2D eigenvalue weighted by molar-refractivity contribution is 5.07. The Hall–Kier alpha value is -0.240. The van der Waals surface area contributed by atoms with Gasteiger partial charge in [0.25, 0.3) is 0 Å². The predicted molar refractivity (Wildman–Crippen MR) is 57.4 cm³/mol. The average molecular weight is 258 g/mol. The maximum atomic E-state index is 10.1. The first-order valence-corrected chi connectivity index (χ1v) is 6.60. The van der Waals surface area contributed by atoms with Crippen molar-refractivity contribution in [2.75, 3.05) is 26.4 Å². The largest absolute Gasteiger partial charge is 0.396 e. The molecular weight excluding hydrogens is 240 g/mol. The van der Waals surface area contributed by atoms with E-state index in [1.165, 1.54) is 0 Å². The van der Waals surface area contributed by atoms with Gasteiger partial charge >= 0.3 is 0 Å². The van der Waals surface area contributed by atoms with Gasteiger partial charge in [-0.1, -0.05) is 0 Å². The molecule has 3 aliphatic heterocycles. The molecule has 102 valence electrons. The van der Waals surface area contributed by atoms with Crippen LogP contribution >= 0.6 is 0 Å². The van der Waals surface area contributed by atoms with Crippen molar-refractivity contribution in [3.63, 3.8) is 0 Å². The molecule has 1 spiro atoms. The Morgan fingerprint density at radius 3 is 2.72 bits per heavy atom. The second-order valence-corrected chi connectivity index (χ2v) is 5.59. The molecule has 4 aliphatic rings. The molecule has 0 aromatic heterocycles. The summed E-state index contributed by atoms with van der Waals surface area (Å²) < 4.78 is 23.1. The van der Waals surface area contributed by atoms with Gasteiger partial charge in [-0.3, -0.25) is 0 Å². The van der Waals surface area contributed by atoms with Crippen LogP contribution < -0.4 is 0 Å². The number of ether oxygens (including phenoxy) is 4. The normalized spacial score (nSPS) is 53.0. The lowest BCUT2D eigenvalue weighted by molar-refractivity contribution is -0.338. The first-order chi connectivity index (χ1) is 8.76. The molecule has 6 heteroatoms. The van der Waals surface area contributed by atoms with Gasteiger partial charge in [-0.25, -0.2) is 0 Å². The fraction of sp³-hybridized carbons (Fsp3) is 1.00.